The fourth-order valence-corrected chi connectivity index (χ4v) is 2.36. The number of hydrogen-bond acceptors (Lipinski definition) is 2. The molecule has 0 bridgehead atoms. The fourth-order valence-electron chi connectivity index (χ4n) is 2.07. The van der Waals surface area contributed by atoms with Gasteiger partial charge in [0.25, 0.3) is 0 Å². The molecule has 1 heterocycles. The molecule has 5 heteroatoms. The summed E-state index contributed by atoms with van der Waals surface area (Å²) >= 11 is 11.8. The molecule has 0 saturated carbocycles. The normalized spacial score (nSPS) is 17.2. The molecule has 1 N–H and O–H groups in total. The Hall–Kier alpha value is -0.930. The first-order valence-corrected chi connectivity index (χ1v) is 6.26. The van der Waals surface area contributed by atoms with E-state index in [0.717, 1.165) is 18.8 Å². The molecule has 1 aliphatic rings. The molecule has 0 amide bonds. The number of rotatable bonds is 2. The minimum Gasteiger partial charge on any atom is -0.481 e. The summed E-state index contributed by atoms with van der Waals surface area (Å²) in [5.41, 5.74) is 1.00. The zero-order valence-electron chi connectivity index (χ0n) is 9.20. The first-order valence-electron chi connectivity index (χ1n) is 5.50. The largest absolute Gasteiger partial charge is 0.481 e. The number of carboxylic acid groups (broad SMARTS) is 1. The molecule has 1 aliphatic heterocycles. The third-order valence-corrected chi connectivity index (χ3v) is 3.85. The quantitative estimate of drug-likeness (QED) is 0.899. The summed E-state index contributed by atoms with van der Waals surface area (Å²) in [6.07, 6.45) is 1.35. The molecule has 0 atom stereocenters. The van der Waals surface area contributed by atoms with E-state index in [-0.39, 0.29) is 5.92 Å². The molecule has 0 radical (unpaired) electrons. The van der Waals surface area contributed by atoms with Crippen LogP contribution in [0.25, 0.3) is 0 Å². The maximum Gasteiger partial charge on any atom is 0.306 e. The van der Waals surface area contributed by atoms with Crippen LogP contribution < -0.4 is 4.90 Å². The van der Waals surface area contributed by atoms with Crippen LogP contribution >= 0.6 is 23.2 Å². The van der Waals surface area contributed by atoms with Crippen molar-refractivity contribution < 1.29 is 9.90 Å². The van der Waals surface area contributed by atoms with Gasteiger partial charge in [0.2, 0.25) is 0 Å². The van der Waals surface area contributed by atoms with E-state index < -0.39 is 5.97 Å². The first-order chi connectivity index (χ1) is 8.08. The van der Waals surface area contributed by atoms with Crippen molar-refractivity contribution in [2.24, 2.45) is 5.92 Å². The van der Waals surface area contributed by atoms with Crippen molar-refractivity contribution in [2.75, 3.05) is 18.0 Å². The summed E-state index contributed by atoms with van der Waals surface area (Å²) in [5.74, 6) is -0.909. The van der Waals surface area contributed by atoms with E-state index in [9.17, 15) is 4.79 Å². The van der Waals surface area contributed by atoms with Crippen molar-refractivity contribution in [2.45, 2.75) is 12.8 Å². The number of carboxylic acids is 1. The molecule has 0 aromatic heterocycles. The van der Waals surface area contributed by atoms with Crippen molar-refractivity contribution >= 4 is 34.9 Å². The Kier molecular flexibility index (Phi) is 3.79. The third kappa shape index (κ3) is 2.85. The van der Waals surface area contributed by atoms with E-state index in [2.05, 4.69) is 4.90 Å². The van der Waals surface area contributed by atoms with E-state index in [4.69, 9.17) is 28.3 Å². The van der Waals surface area contributed by atoms with Gasteiger partial charge in [-0.1, -0.05) is 23.2 Å². The Morgan fingerprint density at radius 2 is 1.88 bits per heavy atom. The summed E-state index contributed by atoms with van der Waals surface area (Å²) < 4.78 is 0. The summed E-state index contributed by atoms with van der Waals surface area (Å²) in [5, 5.41) is 9.99. The predicted molar refractivity (Wildman–Crippen MR) is 69.0 cm³/mol. The van der Waals surface area contributed by atoms with Gasteiger partial charge in [-0.25, -0.2) is 0 Å². The maximum absolute atomic E-state index is 10.8. The molecule has 3 nitrogen and oxygen atoms in total. The lowest BCUT2D eigenvalue weighted by Crippen LogP contribution is -2.36. The van der Waals surface area contributed by atoms with Gasteiger partial charge in [0, 0.05) is 18.8 Å². The van der Waals surface area contributed by atoms with Crippen LogP contribution in [-0.2, 0) is 4.79 Å². The monoisotopic (exact) mass is 273 g/mol. The second-order valence-electron chi connectivity index (χ2n) is 4.20. The number of piperidine rings is 1. The smallest absolute Gasteiger partial charge is 0.306 e. The SMILES string of the molecule is O=C(O)C1CCN(c2ccc(Cl)c(Cl)c2)CC1. The number of nitrogens with zero attached hydrogens (tertiary/aromatic N) is 1. The zero-order chi connectivity index (χ0) is 12.4. The Labute approximate surface area is 110 Å². The van der Waals surface area contributed by atoms with Crippen LogP contribution in [0.2, 0.25) is 10.0 Å². The molecule has 0 unspecified atom stereocenters. The number of benzene rings is 1. The van der Waals surface area contributed by atoms with Crippen molar-refractivity contribution in [1.29, 1.82) is 0 Å². The van der Waals surface area contributed by atoms with Crippen LogP contribution in [0.1, 0.15) is 12.8 Å². The van der Waals surface area contributed by atoms with Gasteiger partial charge in [-0.05, 0) is 31.0 Å². The van der Waals surface area contributed by atoms with Crippen LogP contribution in [0, 0.1) is 5.92 Å². The highest BCUT2D eigenvalue weighted by molar-refractivity contribution is 6.42. The van der Waals surface area contributed by atoms with Gasteiger partial charge in [-0.3, -0.25) is 4.79 Å². The first kappa shape index (κ1) is 12.5. The molecule has 1 aromatic carbocycles. The Bertz CT molecular complexity index is 429. The molecular weight excluding hydrogens is 261 g/mol. The van der Waals surface area contributed by atoms with E-state index in [1.54, 1.807) is 6.07 Å². The standard InChI is InChI=1S/C12H13Cl2NO2/c13-10-2-1-9(7-11(10)14)15-5-3-8(4-6-15)12(16)17/h1-2,7-8H,3-6H2,(H,16,17). The lowest BCUT2D eigenvalue weighted by molar-refractivity contribution is -0.142. The Morgan fingerprint density at radius 3 is 2.41 bits per heavy atom. The minimum absolute atomic E-state index is 0.214. The van der Waals surface area contributed by atoms with Crippen LogP contribution in [0.4, 0.5) is 5.69 Å². The van der Waals surface area contributed by atoms with E-state index in [1.807, 2.05) is 12.1 Å². The van der Waals surface area contributed by atoms with Gasteiger partial charge in [0.1, 0.15) is 0 Å². The Morgan fingerprint density at radius 1 is 1.24 bits per heavy atom. The third-order valence-electron chi connectivity index (χ3n) is 3.11. The van der Waals surface area contributed by atoms with Crippen LogP contribution in [0.5, 0.6) is 0 Å². The molecule has 1 aromatic rings. The second kappa shape index (κ2) is 5.15. The molecule has 1 fully saturated rings. The maximum atomic E-state index is 10.8. The summed E-state index contributed by atoms with van der Waals surface area (Å²) in [6.45, 7) is 1.49. The molecular formula is C12H13Cl2NO2. The summed E-state index contributed by atoms with van der Waals surface area (Å²) in [4.78, 5) is 13.0. The van der Waals surface area contributed by atoms with Crippen LogP contribution in [0.15, 0.2) is 18.2 Å². The molecule has 2 rings (SSSR count). The summed E-state index contributed by atoms with van der Waals surface area (Å²) in [7, 11) is 0. The van der Waals surface area contributed by atoms with Crippen molar-refractivity contribution in [3.63, 3.8) is 0 Å². The van der Waals surface area contributed by atoms with E-state index >= 15 is 0 Å². The van der Waals surface area contributed by atoms with Crippen LogP contribution in [-0.4, -0.2) is 24.2 Å². The minimum atomic E-state index is -0.696. The average molecular weight is 274 g/mol. The predicted octanol–water partition coefficient (Wildman–Crippen LogP) is 3.29. The Balaban J connectivity index is 2.05. The van der Waals surface area contributed by atoms with Crippen molar-refractivity contribution in [3.8, 4) is 0 Å². The second-order valence-corrected chi connectivity index (χ2v) is 5.01. The van der Waals surface area contributed by atoms with Crippen molar-refractivity contribution in [1.82, 2.24) is 0 Å². The molecule has 1 saturated heterocycles. The number of hydrogen-bond donors (Lipinski definition) is 1. The average Bonchev–Trinajstić information content (AvgIpc) is 2.33. The highest BCUT2D eigenvalue weighted by atomic mass is 35.5. The van der Waals surface area contributed by atoms with Crippen molar-refractivity contribution in [3.05, 3.63) is 28.2 Å². The number of halogens is 2. The van der Waals surface area contributed by atoms with Gasteiger partial charge >= 0.3 is 5.97 Å². The van der Waals surface area contributed by atoms with Crippen LogP contribution in [0.3, 0.4) is 0 Å². The van der Waals surface area contributed by atoms with Gasteiger partial charge in [-0.15, -0.1) is 0 Å². The molecule has 92 valence electrons. The fraction of sp³-hybridized carbons (Fsp3) is 0.417. The van der Waals surface area contributed by atoms with Gasteiger partial charge in [0.05, 0.1) is 16.0 Å². The highest BCUT2D eigenvalue weighted by Crippen LogP contribution is 2.29. The molecule has 17 heavy (non-hydrogen) atoms. The highest BCUT2D eigenvalue weighted by Gasteiger charge is 2.24. The number of carbonyl (C=O) groups is 1. The lowest BCUT2D eigenvalue weighted by atomic mass is 9.97. The zero-order valence-corrected chi connectivity index (χ0v) is 10.7. The summed E-state index contributed by atoms with van der Waals surface area (Å²) in [6, 6.07) is 5.50. The number of anilines is 1. The molecule has 0 spiro atoms. The van der Waals surface area contributed by atoms with E-state index in [0.29, 0.717) is 22.9 Å². The van der Waals surface area contributed by atoms with E-state index in [1.165, 1.54) is 0 Å². The van der Waals surface area contributed by atoms with Gasteiger partial charge < -0.3 is 10.0 Å². The topological polar surface area (TPSA) is 40.5 Å². The lowest BCUT2D eigenvalue weighted by Gasteiger charge is -2.32. The number of aliphatic carboxylic acids is 1. The van der Waals surface area contributed by atoms with Gasteiger partial charge in [0.15, 0.2) is 0 Å². The van der Waals surface area contributed by atoms with Gasteiger partial charge in [-0.2, -0.15) is 0 Å². The molecule has 0 aliphatic carbocycles.